The Morgan fingerprint density at radius 1 is 0.929 bits per heavy atom. The third kappa shape index (κ3) is 4.16. The Labute approximate surface area is 164 Å². The van der Waals surface area contributed by atoms with Crippen LogP contribution in [0, 0.1) is 0 Å². The van der Waals surface area contributed by atoms with Crippen LogP contribution in [0.25, 0.3) is 0 Å². The van der Waals surface area contributed by atoms with Gasteiger partial charge in [0.2, 0.25) is 17.8 Å². The molecular weight excluding hydrogens is 356 g/mol. The predicted octanol–water partition coefficient (Wildman–Crippen LogP) is 2.99. The molecule has 2 fully saturated rings. The molecule has 8 heteroatoms. The van der Waals surface area contributed by atoms with E-state index in [9.17, 15) is 4.79 Å². The number of ether oxygens (including phenoxy) is 1. The molecule has 2 aliphatic heterocycles. The summed E-state index contributed by atoms with van der Waals surface area (Å²) in [7, 11) is 0. The molecule has 148 valence electrons. The van der Waals surface area contributed by atoms with Gasteiger partial charge in [0.15, 0.2) is 0 Å². The summed E-state index contributed by atoms with van der Waals surface area (Å²) in [5, 5.41) is 3.26. The van der Waals surface area contributed by atoms with E-state index in [0.717, 1.165) is 43.8 Å². The van der Waals surface area contributed by atoms with Crippen LogP contribution in [0.15, 0.2) is 24.3 Å². The topological polar surface area (TPSA) is 83.5 Å². The second-order valence-corrected chi connectivity index (χ2v) is 7.07. The highest BCUT2D eigenvalue weighted by atomic mass is 16.5. The third-order valence-electron chi connectivity index (χ3n) is 5.04. The highest BCUT2D eigenvalue weighted by Crippen LogP contribution is 2.24. The van der Waals surface area contributed by atoms with E-state index in [-0.39, 0.29) is 5.97 Å². The molecule has 2 saturated heterocycles. The maximum atomic E-state index is 11.8. The second-order valence-electron chi connectivity index (χ2n) is 7.07. The average Bonchev–Trinajstić information content (AvgIpc) is 3.43. The number of hydrogen-bond acceptors (Lipinski definition) is 8. The van der Waals surface area contributed by atoms with Crippen molar-refractivity contribution in [3.63, 3.8) is 0 Å². The number of benzene rings is 1. The van der Waals surface area contributed by atoms with Crippen LogP contribution >= 0.6 is 0 Å². The number of carbonyl (C=O) groups is 1. The summed E-state index contributed by atoms with van der Waals surface area (Å²) in [6.07, 6.45) is 4.68. The number of carbonyl (C=O) groups excluding carboxylic acids is 1. The highest BCUT2D eigenvalue weighted by molar-refractivity contribution is 5.89. The molecule has 0 aliphatic carbocycles. The fraction of sp³-hybridized carbons (Fsp3) is 0.500. The standard InChI is InChI=1S/C20H26N6O2/c1-2-28-17(27)15-7-9-16(10-8-15)21-18-22-19(25-11-3-4-12-25)24-20(23-18)26-13-5-6-14-26/h7-10H,2-6,11-14H2,1H3,(H,21,22,23,24). The molecule has 0 atom stereocenters. The predicted molar refractivity (Wildman–Crippen MR) is 108 cm³/mol. The van der Waals surface area contributed by atoms with Gasteiger partial charge in [-0.25, -0.2) is 4.79 Å². The minimum absolute atomic E-state index is 0.318. The second kappa shape index (κ2) is 8.41. The van der Waals surface area contributed by atoms with E-state index < -0.39 is 0 Å². The molecule has 1 N–H and O–H groups in total. The van der Waals surface area contributed by atoms with Crippen LogP contribution in [0.4, 0.5) is 23.5 Å². The van der Waals surface area contributed by atoms with E-state index in [1.54, 1.807) is 19.1 Å². The van der Waals surface area contributed by atoms with Gasteiger partial charge in [-0.3, -0.25) is 0 Å². The van der Waals surface area contributed by atoms with Crippen LogP contribution in [0.1, 0.15) is 43.0 Å². The van der Waals surface area contributed by atoms with Crippen molar-refractivity contribution in [2.24, 2.45) is 0 Å². The van der Waals surface area contributed by atoms with Crippen molar-refractivity contribution in [2.75, 3.05) is 47.9 Å². The van der Waals surface area contributed by atoms with E-state index >= 15 is 0 Å². The lowest BCUT2D eigenvalue weighted by molar-refractivity contribution is 0.0526. The van der Waals surface area contributed by atoms with E-state index in [4.69, 9.17) is 9.72 Å². The number of nitrogens with one attached hydrogen (secondary N) is 1. The first-order valence-electron chi connectivity index (χ1n) is 10.0. The van der Waals surface area contributed by atoms with Crippen molar-refractivity contribution in [1.29, 1.82) is 0 Å². The van der Waals surface area contributed by atoms with Gasteiger partial charge in [-0.15, -0.1) is 0 Å². The first kappa shape index (κ1) is 18.5. The molecule has 0 unspecified atom stereocenters. The number of anilines is 4. The zero-order valence-electron chi connectivity index (χ0n) is 16.2. The number of aromatic nitrogens is 3. The molecule has 28 heavy (non-hydrogen) atoms. The largest absolute Gasteiger partial charge is 0.462 e. The zero-order chi connectivity index (χ0) is 19.3. The maximum absolute atomic E-state index is 11.8. The summed E-state index contributed by atoms with van der Waals surface area (Å²) in [5.41, 5.74) is 1.34. The highest BCUT2D eigenvalue weighted by Gasteiger charge is 2.21. The lowest BCUT2D eigenvalue weighted by atomic mass is 10.2. The summed E-state index contributed by atoms with van der Waals surface area (Å²) in [4.78, 5) is 30.3. The number of hydrogen-bond donors (Lipinski definition) is 1. The first-order chi connectivity index (χ1) is 13.7. The molecule has 4 rings (SSSR count). The van der Waals surface area contributed by atoms with E-state index in [1.807, 2.05) is 12.1 Å². The van der Waals surface area contributed by atoms with Gasteiger partial charge in [-0.05, 0) is 56.9 Å². The lowest BCUT2D eigenvalue weighted by Gasteiger charge is -2.20. The molecule has 3 heterocycles. The van der Waals surface area contributed by atoms with Gasteiger partial charge in [0.25, 0.3) is 0 Å². The van der Waals surface area contributed by atoms with Crippen molar-refractivity contribution in [3.05, 3.63) is 29.8 Å². The summed E-state index contributed by atoms with van der Waals surface area (Å²) in [6.45, 7) is 6.09. The minimum atomic E-state index is -0.318. The van der Waals surface area contributed by atoms with Crippen molar-refractivity contribution in [1.82, 2.24) is 15.0 Å². The van der Waals surface area contributed by atoms with E-state index in [2.05, 4.69) is 25.1 Å². The molecule has 1 aromatic heterocycles. The van der Waals surface area contributed by atoms with E-state index in [0.29, 0.717) is 18.1 Å². The Hall–Kier alpha value is -2.90. The van der Waals surface area contributed by atoms with Gasteiger partial charge in [0.05, 0.1) is 12.2 Å². The molecule has 0 radical (unpaired) electrons. The molecule has 8 nitrogen and oxygen atoms in total. The summed E-state index contributed by atoms with van der Waals surface area (Å²) in [5.74, 6) is 1.68. The molecule has 0 saturated carbocycles. The van der Waals surface area contributed by atoms with Gasteiger partial charge >= 0.3 is 5.97 Å². The van der Waals surface area contributed by atoms with Crippen LogP contribution in [0.2, 0.25) is 0 Å². The Balaban J connectivity index is 1.56. The molecule has 0 amide bonds. The van der Waals surface area contributed by atoms with Crippen LogP contribution in [-0.2, 0) is 4.74 Å². The van der Waals surface area contributed by atoms with Crippen LogP contribution in [0.3, 0.4) is 0 Å². The summed E-state index contributed by atoms with van der Waals surface area (Å²) >= 11 is 0. The van der Waals surface area contributed by atoms with Crippen molar-refractivity contribution in [2.45, 2.75) is 32.6 Å². The summed E-state index contributed by atoms with van der Waals surface area (Å²) in [6, 6.07) is 7.15. The molecular formula is C20H26N6O2. The maximum Gasteiger partial charge on any atom is 0.338 e. The van der Waals surface area contributed by atoms with Gasteiger partial charge in [-0.1, -0.05) is 0 Å². The Kier molecular flexibility index (Phi) is 5.55. The monoisotopic (exact) mass is 382 g/mol. The Morgan fingerprint density at radius 2 is 1.46 bits per heavy atom. The van der Waals surface area contributed by atoms with Crippen LogP contribution in [0.5, 0.6) is 0 Å². The quantitative estimate of drug-likeness (QED) is 0.764. The summed E-state index contributed by atoms with van der Waals surface area (Å²) < 4.78 is 5.03. The van der Waals surface area contributed by atoms with E-state index in [1.165, 1.54) is 25.7 Å². The average molecular weight is 382 g/mol. The molecule has 1 aromatic carbocycles. The molecule has 2 aliphatic rings. The number of esters is 1. The Bertz CT molecular complexity index is 780. The van der Waals surface area contributed by atoms with Crippen LogP contribution in [-0.4, -0.2) is 53.7 Å². The van der Waals surface area contributed by atoms with Crippen LogP contribution < -0.4 is 15.1 Å². The van der Waals surface area contributed by atoms with Gasteiger partial charge < -0.3 is 19.9 Å². The normalized spacial score (nSPS) is 16.5. The van der Waals surface area contributed by atoms with Gasteiger partial charge in [0.1, 0.15) is 0 Å². The Morgan fingerprint density at radius 3 is 1.96 bits per heavy atom. The molecule has 0 bridgehead atoms. The zero-order valence-corrected chi connectivity index (χ0v) is 16.2. The number of rotatable bonds is 6. The van der Waals surface area contributed by atoms with Gasteiger partial charge in [0, 0.05) is 31.9 Å². The third-order valence-corrected chi connectivity index (χ3v) is 5.04. The smallest absolute Gasteiger partial charge is 0.338 e. The van der Waals surface area contributed by atoms with Crippen molar-refractivity contribution >= 4 is 29.5 Å². The fourth-order valence-corrected chi connectivity index (χ4v) is 3.56. The first-order valence-corrected chi connectivity index (χ1v) is 10.0. The fourth-order valence-electron chi connectivity index (χ4n) is 3.56. The SMILES string of the molecule is CCOC(=O)c1ccc(Nc2nc(N3CCCC3)nc(N3CCCC3)n2)cc1. The van der Waals surface area contributed by atoms with Crippen molar-refractivity contribution < 1.29 is 9.53 Å². The number of nitrogens with zero attached hydrogens (tertiary/aromatic N) is 5. The van der Waals surface area contributed by atoms with Crippen molar-refractivity contribution in [3.8, 4) is 0 Å². The minimum Gasteiger partial charge on any atom is -0.462 e. The molecule has 2 aromatic rings. The van der Waals surface area contributed by atoms with Gasteiger partial charge in [-0.2, -0.15) is 15.0 Å². The lowest BCUT2D eigenvalue weighted by Crippen LogP contribution is -2.25. The molecule has 0 spiro atoms.